The molecule has 0 radical (unpaired) electrons. The second-order valence-electron chi connectivity index (χ2n) is 13.0. The van der Waals surface area contributed by atoms with E-state index in [4.69, 9.17) is 26.0 Å². The summed E-state index contributed by atoms with van der Waals surface area (Å²) in [5.74, 6) is 1.91. The topological polar surface area (TPSA) is 124 Å². The number of fused-ring (bicyclic) bond motifs is 4. The average Bonchev–Trinajstić information content (AvgIpc) is 3.32. The van der Waals surface area contributed by atoms with Crippen LogP contribution in [0.3, 0.4) is 0 Å². The number of amides is 1. The van der Waals surface area contributed by atoms with E-state index in [9.17, 15) is 13.2 Å². The molecule has 17 heteroatoms. The molecule has 2 saturated heterocycles. The molecule has 0 spiro atoms. The standard InChI is InChI=1S/C33H32F2N5O6S.PS.Tl/c1-7-22-25(34)11-8-18-12-21(45-17-44-5)13-23(26(18)22)28-27(35)29-24(14-36-28)30(38-31(37-29)47(6,42)43)39-15-19-9-10-20(16-39)40(19)32(41)46-33(2,3)4;1-2;/h8,11-14,19-20H,9-10,15-17H2,2-6H3;;/q;-1;+2. The summed E-state index contributed by atoms with van der Waals surface area (Å²) in [7, 11) is -2.55. The normalized spacial score (nSPS) is 17.3. The number of carbonyl (C=O) groups excluding carboxylic acids is 1. The van der Waals surface area contributed by atoms with E-state index in [-0.39, 0.29) is 52.4 Å². The Hall–Kier alpha value is -3.04. The van der Waals surface area contributed by atoms with Crippen molar-refractivity contribution in [2.75, 3.05) is 38.1 Å². The van der Waals surface area contributed by atoms with Gasteiger partial charge in [0, 0.05) is 0 Å². The van der Waals surface area contributed by atoms with E-state index in [0.717, 1.165) is 10.3 Å². The second-order valence-corrected chi connectivity index (χ2v) is 27.5. The summed E-state index contributed by atoms with van der Waals surface area (Å²) in [6.07, 6.45) is 3.36. The van der Waals surface area contributed by atoms with Crippen LogP contribution < -0.4 is 9.64 Å². The van der Waals surface area contributed by atoms with Crippen molar-refractivity contribution >= 4 is 82.3 Å². The van der Waals surface area contributed by atoms with Gasteiger partial charge in [0.2, 0.25) is 0 Å². The van der Waals surface area contributed by atoms with Gasteiger partial charge < -0.3 is 4.74 Å². The Morgan fingerprint density at radius 3 is 2.52 bits per heavy atom. The summed E-state index contributed by atoms with van der Waals surface area (Å²) in [6, 6.07) is 5.56. The molecule has 2 unspecified atom stereocenters. The first-order valence-electron chi connectivity index (χ1n) is 15.6. The van der Waals surface area contributed by atoms with Gasteiger partial charge in [0.15, 0.2) is 0 Å². The van der Waals surface area contributed by atoms with Gasteiger partial charge in [0.05, 0.1) is 12.1 Å². The van der Waals surface area contributed by atoms with Gasteiger partial charge in [-0.15, -0.1) is 0 Å². The Kier molecular flexibility index (Phi) is 10.7. The molecule has 2 bridgehead atoms. The van der Waals surface area contributed by atoms with Gasteiger partial charge in [-0.25, -0.2) is 4.79 Å². The third kappa shape index (κ3) is 7.46. The molecule has 0 N–H and O–H groups in total. The van der Waals surface area contributed by atoms with E-state index < -0.39 is 61.4 Å². The monoisotopic (exact) mass is 932 g/mol. The SMILES string of the molecule is COCOc1cc(-c2ncc3c(N4CC5CCC(C4)N5C(=O)OC(C)(C)C)nc(S(C)(=O)=O)nc3c2F)c2c(C#[C][Tl]=[P+]=S)c(F)ccc2c1. The van der Waals surface area contributed by atoms with Crippen LogP contribution in [0.2, 0.25) is 0 Å². The van der Waals surface area contributed by atoms with E-state index in [2.05, 4.69) is 24.4 Å². The molecule has 1 amide bonds. The molecule has 2 aliphatic rings. The number of hydrogen-bond donors (Lipinski definition) is 0. The van der Waals surface area contributed by atoms with Crippen molar-refractivity contribution in [3.05, 3.63) is 47.7 Å². The number of hydrogen-bond acceptors (Lipinski definition) is 11. The van der Waals surface area contributed by atoms with Gasteiger partial charge in [-0.2, -0.15) is 0 Å². The van der Waals surface area contributed by atoms with Crippen LogP contribution >= 0.6 is 4.00 Å². The number of methoxy groups -OCH3 is 1. The number of ether oxygens (including phenoxy) is 3. The van der Waals surface area contributed by atoms with E-state index in [1.807, 2.05) is 4.90 Å². The number of rotatable bonds is 6. The average molecular weight is 932 g/mol. The maximum absolute atomic E-state index is 17.0. The molecule has 50 heavy (non-hydrogen) atoms. The molecule has 2 atom stereocenters. The number of anilines is 1. The number of carbonyl (C=O) groups is 1. The number of benzene rings is 2. The number of piperazine rings is 1. The van der Waals surface area contributed by atoms with E-state index in [0.29, 0.717) is 42.5 Å². The Bertz CT molecular complexity index is 2260. The predicted octanol–water partition coefficient (Wildman–Crippen LogP) is 5.43. The number of pyridine rings is 1. The van der Waals surface area contributed by atoms with Gasteiger partial charge >= 0.3 is 241 Å². The molecule has 4 heterocycles. The fourth-order valence-electron chi connectivity index (χ4n) is 6.37. The van der Waals surface area contributed by atoms with E-state index >= 15 is 8.78 Å². The Balaban J connectivity index is 1.53. The molecule has 0 aliphatic carbocycles. The summed E-state index contributed by atoms with van der Waals surface area (Å²) in [5, 5.41) is 0.454. The Morgan fingerprint density at radius 2 is 1.88 bits per heavy atom. The second kappa shape index (κ2) is 14.5. The molecule has 2 aromatic carbocycles. The quantitative estimate of drug-likeness (QED) is 0.0809. The summed E-state index contributed by atoms with van der Waals surface area (Å²) in [4.78, 5) is 29.8. The molecule has 11 nitrogen and oxygen atoms in total. The fourth-order valence-corrected chi connectivity index (χ4v) is 10.3. The molecule has 2 fully saturated rings. The van der Waals surface area contributed by atoms with Gasteiger partial charge in [-0.3, -0.25) is 4.90 Å². The first-order valence-corrected chi connectivity index (χ1v) is 27.7. The summed E-state index contributed by atoms with van der Waals surface area (Å²) in [5.41, 5.74) is -0.903. The molecule has 6 rings (SSSR count). The summed E-state index contributed by atoms with van der Waals surface area (Å²) >= 11 is 3.46. The third-order valence-corrected chi connectivity index (χ3v) is 15.5. The summed E-state index contributed by atoms with van der Waals surface area (Å²) < 4.78 is 78.4. The Labute approximate surface area is 305 Å². The predicted molar refractivity (Wildman–Crippen MR) is 190 cm³/mol. The van der Waals surface area contributed by atoms with Crippen molar-refractivity contribution in [2.24, 2.45) is 0 Å². The van der Waals surface area contributed by atoms with E-state index in [1.54, 1.807) is 37.8 Å². The van der Waals surface area contributed by atoms with Crippen LogP contribution in [0, 0.1) is 21.0 Å². The molecule has 258 valence electrons. The van der Waals surface area contributed by atoms with Crippen LogP contribution in [0.4, 0.5) is 19.4 Å². The zero-order chi connectivity index (χ0) is 36.0. The summed E-state index contributed by atoms with van der Waals surface area (Å²) in [6.45, 7) is 5.94. The number of sulfone groups is 1. The molecular formula is C33H32F2N5O6PS2Tl+. The Morgan fingerprint density at radius 1 is 1.16 bits per heavy atom. The zero-order valence-electron chi connectivity index (χ0n) is 27.9. The van der Waals surface area contributed by atoms with Gasteiger partial charge in [0.1, 0.15) is 5.60 Å². The number of aromatic nitrogens is 3. The third-order valence-electron chi connectivity index (χ3n) is 8.31. The molecule has 2 aromatic heterocycles. The van der Waals surface area contributed by atoms with E-state index in [1.165, 1.54) is 25.4 Å². The van der Waals surface area contributed by atoms with Crippen molar-refractivity contribution < 1.29 is 36.2 Å². The number of halogens is 2. The number of nitrogens with zero attached hydrogens (tertiary/aromatic N) is 5. The molecular weight excluding hydrogens is 900 g/mol. The molecule has 0 saturated carbocycles. The van der Waals surface area contributed by atoms with Crippen LogP contribution in [-0.2, 0) is 31.1 Å². The van der Waals surface area contributed by atoms with Crippen molar-refractivity contribution in [1.82, 2.24) is 19.9 Å². The van der Waals surface area contributed by atoms with Crippen LogP contribution in [0.15, 0.2) is 35.6 Å². The zero-order valence-corrected chi connectivity index (χ0v) is 34.9. The van der Waals surface area contributed by atoms with Gasteiger partial charge in [-0.1, -0.05) is 0 Å². The minimum atomic E-state index is -4.01. The van der Waals surface area contributed by atoms with Crippen molar-refractivity contribution in [2.45, 2.75) is 56.5 Å². The van der Waals surface area contributed by atoms with Crippen molar-refractivity contribution in [3.8, 4) is 26.4 Å². The van der Waals surface area contributed by atoms with Gasteiger partial charge in [0.25, 0.3) is 0 Å². The molecule has 2 aliphatic heterocycles. The van der Waals surface area contributed by atoms with Crippen LogP contribution in [0.25, 0.3) is 32.9 Å². The molecule has 4 aromatic rings. The first-order chi connectivity index (χ1) is 23.7. The van der Waals surface area contributed by atoms with Crippen molar-refractivity contribution in [3.63, 3.8) is 0 Å². The minimum absolute atomic E-state index is 0.0746. The maximum atomic E-state index is 17.0. The van der Waals surface area contributed by atoms with Crippen LogP contribution in [-0.4, -0.2) is 108 Å². The van der Waals surface area contributed by atoms with Crippen LogP contribution in [0.1, 0.15) is 39.2 Å². The fraction of sp³-hybridized carbons (Fsp3) is 0.394. The van der Waals surface area contributed by atoms with Gasteiger partial charge in [-0.05, 0) is 33.6 Å². The first kappa shape index (κ1) is 36.7. The van der Waals surface area contributed by atoms with Crippen molar-refractivity contribution in [1.29, 1.82) is 0 Å². The van der Waals surface area contributed by atoms with Crippen LogP contribution in [0.5, 0.6) is 5.75 Å².